The maximum Gasteiger partial charge on any atom is 0.161 e. The Kier molecular flexibility index (Phi) is 5.05. The summed E-state index contributed by atoms with van der Waals surface area (Å²) in [5.74, 6) is 2.53. The fourth-order valence-electron chi connectivity index (χ4n) is 3.56. The van der Waals surface area contributed by atoms with E-state index in [0.29, 0.717) is 0 Å². The molecule has 1 aliphatic carbocycles. The molecular weight excluding hydrogens is 382 g/mol. The van der Waals surface area contributed by atoms with Crippen molar-refractivity contribution in [2.45, 2.75) is 35.1 Å². The topological polar surface area (TPSA) is 39.7 Å². The minimum absolute atomic E-state index is 0.0284. The molecule has 0 radical (unpaired) electrons. The third-order valence-electron chi connectivity index (χ3n) is 5.01. The summed E-state index contributed by atoms with van der Waals surface area (Å²) in [7, 11) is 0. The van der Waals surface area contributed by atoms with E-state index in [4.69, 9.17) is 14.2 Å². The second-order valence-electron chi connectivity index (χ2n) is 7.05. The second-order valence-corrected chi connectivity index (χ2v) is 8.14. The first-order valence-corrected chi connectivity index (χ1v) is 10.5. The molecule has 2 aliphatic heterocycles. The van der Waals surface area contributed by atoms with Gasteiger partial charge in [-0.3, -0.25) is 0 Å². The first-order chi connectivity index (χ1) is 14.3. The van der Waals surface area contributed by atoms with Crippen LogP contribution in [0, 0.1) is 0 Å². The Labute approximate surface area is 174 Å². The molecule has 2 aromatic rings. The largest absolute Gasteiger partial charge is 0.466 e. The van der Waals surface area contributed by atoms with E-state index in [1.54, 1.807) is 24.3 Å². The number of para-hydroxylation sites is 1. The minimum Gasteiger partial charge on any atom is -0.466 e. The van der Waals surface area contributed by atoms with Crippen molar-refractivity contribution in [1.82, 2.24) is 0 Å². The summed E-state index contributed by atoms with van der Waals surface area (Å²) in [6, 6.07) is 14.3. The van der Waals surface area contributed by atoms with E-state index < -0.39 is 0 Å². The van der Waals surface area contributed by atoms with E-state index in [1.807, 2.05) is 18.2 Å². The summed E-state index contributed by atoms with van der Waals surface area (Å²) in [5, 5.41) is 3.61. The van der Waals surface area contributed by atoms with Gasteiger partial charge in [0.15, 0.2) is 5.76 Å². The Balaban J connectivity index is 1.38. The molecule has 0 aromatic heterocycles. The lowest BCUT2D eigenvalue weighted by Crippen LogP contribution is -2.25. The molecule has 5 heteroatoms. The number of nitrogens with one attached hydrogen (secondary N) is 1. The van der Waals surface area contributed by atoms with Crippen LogP contribution in [0.1, 0.15) is 19.3 Å². The second kappa shape index (κ2) is 8.13. The van der Waals surface area contributed by atoms with Crippen LogP contribution >= 0.6 is 11.8 Å². The van der Waals surface area contributed by atoms with Gasteiger partial charge in [0.25, 0.3) is 0 Å². The summed E-state index contributed by atoms with van der Waals surface area (Å²) in [6.45, 7) is 0. The lowest BCUT2D eigenvalue weighted by molar-refractivity contribution is 0.240. The van der Waals surface area contributed by atoms with E-state index in [-0.39, 0.29) is 6.04 Å². The molecule has 1 N–H and O–H groups in total. The predicted octanol–water partition coefficient (Wildman–Crippen LogP) is 6.75. The van der Waals surface area contributed by atoms with Crippen molar-refractivity contribution in [2.24, 2.45) is 0 Å². The molecule has 0 bridgehead atoms. The van der Waals surface area contributed by atoms with Crippen molar-refractivity contribution in [3.8, 4) is 11.5 Å². The Morgan fingerprint density at radius 3 is 2.83 bits per heavy atom. The fourth-order valence-corrected chi connectivity index (χ4v) is 4.49. The number of fused-ring (bicyclic) bond motifs is 2. The van der Waals surface area contributed by atoms with Crippen LogP contribution in [0.2, 0.25) is 0 Å². The van der Waals surface area contributed by atoms with Crippen LogP contribution in [0.15, 0.2) is 101 Å². The highest BCUT2D eigenvalue weighted by Gasteiger charge is 2.22. The quantitative estimate of drug-likeness (QED) is 0.510. The van der Waals surface area contributed by atoms with Gasteiger partial charge >= 0.3 is 0 Å². The average molecular weight is 404 g/mol. The van der Waals surface area contributed by atoms with Gasteiger partial charge in [0.2, 0.25) is 0 Å². The van der Waals surface area contributed by atoms with Gasteiger partial charge in [-0.25, -0.2) is 0 Å². The van der Waals surface area contributed by atoms with Gasteiger partial charge in [-0.1, -0.05) is 47.7 Å². The molecule has 2 heterocycles. The Morgan fingerprint density at radius 1 is 1.03 bits per heavy atom. The monoisotopic (exact) mass is 403 g/mol. The smallest absolute Gasteiger partial charge is 0.161 e. The number of hydrogen-bond donors (Lipinski definition) is 1. The van der Waals surface area contributed by atoms with Crippen LogP contribution in [0.3, 0.4) is 0 Å². The van der Waals surface area contributed by atoms with E-state index >= 15 is 0 Å². The third kappa shape index (κ3) is 4.05. The molecule has 146 valence electrons. The van der Waals surface area contributed by atoms with E-state index in [1.165, 1.54) is 11.8 Å². The lowest BCUT2D eigenvalue weighted by atomic mass is 9.97. The highest BCUT2D eigenvalue weighted by atomic mass is 32.2. The average Bonchev–Trinajstić information content (AvgIpc) is 2.78. The van der Waals surface area contributed by atoms with Crippen molar-refractivity contribution in [3.63, 3.8) is 0 Å². The van der Waals surface area contributed by atoms with Crippen LogP contribution in [0.4, 0.5) is 5.69 Å². The van der Waals surface area contributed by atoms with Crippen molar-refractivity contribution < 1.29 is 14.2 Å². The highest BCUT2D eigenvalue weighted by Crippen LogP contribution is 2.47. The summed E-state index contributed by atoms with van der Waals surface area (Å²) < 4.78 is 17.2. The Morgan fingerprint density at radius 2 is 1.97 bits per heavy atom. The number of ether oxygens (including phenoxy) is 3. The zero-order chi connectivity index (χ0) is 19.5. The zero-order valence-electron chi connectivity index (χ0n) is 15.8. The lowest BCUT2D eigenvalue weighted by Gasteiger charge is -2.26. The van der Waals surface area contributed by atoms with Gasteiger partial charge in [-0.05, 0) is 43.5 Å². The summed E-state index contributed by atoms with van der Waals surface area (Å²) in [6.07, 6.45) is 14.3. The highest BCUT2D eigenvalue weighted by molar-refractivity contribution is 7.99. The van der Waals surface area contributed by atoms with Gasteiger partial charge in [-0.2, -0.15) is 0 Å². The summed E-state index contributed by atoms with van der Waals surface area (Å²) in [5.41, 5.74) is 2.38. The van der Waals surface area contributed by atoms with Crippen molar-refractivity contribution in [1.29, 1.82) is 0 Å². The third-order valence-corrected chi connectivity index (χ3v) is 6.12. The molecule has 5 rings (SSSR count). The van der Waals surface area contributed by atoms with E-state index in [2.05, 4.69) is 47.8 Å². The van der Waals surface area contributed by atoms with E-state index in [9.17, 15) is 0 Å². The van der Waals surface area contributed by atoms with Gasteiger partial charge in [0.1, 0.15) is 30.3 Å². The molecule has 0 fully saturated rings. The first kappa shape index (κ1) is 18.0. The van der Waals surface area contributed by atoms with Gasteiger partial charge in [0, 0.05) is 11.8 Å². The number of benzene rings is 2. The number of anilines is 1. The molecule has 4 nitrogen and oxygen atoms in total. The Hall–Kier alpha value is -3.05. The molecule has 2 aromatic carbocycles. The summed E-state index contributed by atoms with van der Waals surface area (Å²) in [4.78, 5) is 2.26. The maximum absolute atomic E-state index is 6.13. The molecule has 1 unspecified atom stereocenters. The molecule has 3 aliphatic rings. The zero-order valence-corrected chi connectivity index (χ0v) is 16.7. The predicted molar refractivity (Wildman–Crippen MR) is 115 cm³/mol. The van der Waals surface area contributed by atoms with Crippen LogP contribution in [0.5, 0.6) is 11.5 Å². The van der Waals surface area contributed by atoms with Crippen molar-refractivity contribution >= 4 is 17.4 Å². The molecule has 0 amide bonds. The Bertz CT molecular complexity index is 1040. The molecule has 1 atom stereocenters. The number of hydrogen-bond acceptors (Lipinski definition) is 5. The SMILES string of the molecule is C1=CCCC(CC(Nc2ccc3c(c2)Oc2ccccc2S3)C2=COC=CO2)=C1. The molecule has 0 spiro atoms. The van der Waals surface area contributed by atoms with Crippen LogP contribution in [0.25, 0.3) is 0 Å². The van der Waals surface area contributed by atoms with Crippen molar-refractivity contribution in [2.75, 3.05) is 5.32 Å². The molecule has 0 saturated heterocycles. The first-order valence-electron chi connectivity index (χ1n) is 9.72. The molecular formula is C24H21NO3S. The minimum atomic E-state index is -0.0284. The maximum atomic E-state index is 6.13. The van der Waals surface area contributed by atoms with Crippen molar-refractivity contribution in [3.05, 3.63) is 90.8 Å². The summed E-state index contributed by atoms with van der Waals surface area (Å²) >= 11 is 1.73. The normalized spacial score (nSPS) is 17.5. The van der Waals surface area contributed by atoms with Gasteiger partial charge in [0.05, 0.1) is 15.8 Å². The van der Waals surface area contributed by atoms with Crippen LogP contribution in [-0.2, 0) is 9.47 Å². The number of allylic oxidation sites excluding steroid dienone is 3. The molecule has 29 heavy (non-hydrogen) atoms. The van der Waals surface area contributed by atoms with Gasteiger partial charge in [-0.15, -0.1) is 0 Å². The standard InChI is InChI=1S/C24H21NO3S/c1-2-6-17(7-3-1)14-19(22-16-26-12-13-27-22)25-18-10-11-24-21(15-18)28-20-8-4-5-9-23(20)29-24/h1-2,4-6,8-13,15-16,19,25H,3,7,14H2. The number of rotatable bonds is 5. The van der Waals surface area contributed by atoms with Crippen LogP contribution in [-0.4, -0.2) is 6.04 Å². The molecule has 0 saturated carbocycles. The van der Waals surface area contributed by atoms with Gasteiger partial charge < -0.3 is 19.5 Å². The van der Waals surface area contributed by atoms with Crippen LogP contribution < -0.4 is 10.1 Å². The van der Waals surface area contributed by atoms with E-state index in [0.717, 1.165) is 52.0 Å². The fraction of sp³-hybridized carbons (Fsp3) is 0.167.